The van der Waals surface area contributed by atoms with E-state index < -0.39 is 10.0 Å². The van der Waals surface area contributed by atoms with E-state index in [2.05, 4.69) is 10.0 Å². The number of anilines is 1. The van der Waals surface area contributed by atoms with Crippen LogP contribution in [-0.4, -0.2) is 21.5 Å². The molecule has 1 atom stereocenters. The van der Waals surface area contributed by atoms with E-state index in [1.807, 2.05) is 25.1 Å². The molecule has 1 unspecified atom stereocenters. The maximum absolute atomic E-state index is 12.0. The molecular formula is C15H20N2O3S. The molecule has 21 heavy (non-hydrogen) atoms. The van der Waals surface area contributed by atoms with E-state index >= 15 is 0 Å². The fourth-order valence-corrected chi connectivity index (χ4v) is 3.15. The molecule has 5 nitrogen and oxygen atoms in total. The van der Waals surface area contributed by atoms with Gasteiger partial charge in [0.2, 0.25) is 10.0 Å². The second-order valence-corrected chi connectivity index (χ2v) is 6.87. The van der Waals surface area contributed by atoms with Crippen LogP contribution in [0.5, 0.6) is 0 Å². The lowest BCUT2D eigenvalue weighted by atomic mass is 10.1. The van der Waals surface area contributed by atoms with Crippen molar-refractivity contribution in [1.29, 1.82) is 0 Å². The Labute approximate surface area is 125 Å². The first-order valence-electron chi connectivity index (χ1n) is 6.75. The van der Waals surface area contributed by atoms with E-state index in [9.17, 15) is 8.42 Å². The summed E-state index contributed by atoms with van der Waals surface area (Å²) in [6, 6.07) is 9.23. The summed E-state index contributed by atoms with van der Waals surface area (Å²) in [4.78, 5) is 0.292. The molecule has 0 aliphatic carbocycles. The third kappa shape index (κ3) is 3.86. The van der Waals surface area contributed by atoms with Gasteiger partial charge < -0.3 is 9.73 Å². The fourth-order valence-electron chi connectivity index (χ4n) is 2.16. The van der Waals surface area contributed by atoms with Gasteiger partial charge in [0.25, 0.3) is 0 Å². The van der Waals surface area contributed by atoms with E-state index in [0.29, 0.717) is 10.5 Å². The minimum atomic E-state index is -3.45. The van der Waals surface area contributed by atoms with E-state index in [1.165, 1.54) is 7.05 Å². The molecule has 0 spiro atoms. The molecule has 0 amide bonds. The highest BCUT2D eigenvalue weighted by atomic mass is 32.2. The maximum atomic E-state index is 12.0. The first-order chi connectivity index (χ1) is 9.92. The quantitative estimate of drug-likeness (QED) is 0.860. The van der Waals surface area contributed by atoms with E-state index in [-0.39, 0.29) is 6.04 Å². The molecule has 2 rings (SSSR count). The number of sulfonamides is 1. The summed E-state index contributed by atoms with van der Waals surface area (Å²) in [5.41, 5.74) is 1.49. The van der Waals surface area contributed by atoms with Crippen LogP contribution in [0.15, 0.2) is 45.9 Å². The molecule has 0 aliphatic heterocycles. The molecule has 6 heteroatoms. The fraction of sp³-hybridized carbons (Fsp3) is 0.333. The van der Waals surface area contributed by atoms with Crippen LogP contribution in [0.3, 0.4) is 0 Å². The van der Waals surface area contributed by atoms with Crippen molar-refractivity contribution in [2.75, 3.05) is 12.4 Å². The average molecular weight is 308 g/mol. The van der Waals surface area contributed by atoms with Gasteiger partial charge in [0.15, 0.2) is 0 Å². The van der Waals surface area contributed by atoms with Gasteiger partial charge in [-0.3, -0.25) is 0 Å². The highest BCUT2D eigenvalue weighted by Gasteiger charge is 2.15. The number of hydrogen-bond donors (Lipinski definition) is 2. The molecule has 1 heterocycles. The van der Waals surface area contributed by atoms with Crippen LogP contribution in [0.2, 0.25) is 0 Å². The zero-order chi connectivity index (χ0) is 15.5. The first kappa shape index (κ1) is 15.6. The van der Waals surface area contributed by atoms with Crippen LogP contribution < -0.4 is 10.0 Å². The number of aryl methyl sites for hydroxylation is 1. The molecule has 2 N–H and O–H groups in total. The van der Waals surface area contributed by atoms with Crippen molar-refractivity contribution in [2.24, 2.45) is 0 Å². The molecular weight excluding hydrogens is 288 g/mol. The molecule has 0 fully saturated rings. The Bertz CT molecular complexity index is 694. The van der Waals surface area contributed by atoms with Gasteiger partial charge in [0, 0.05) is 18.2 Å². The zero-order valence-electron chi connectivity index (χ0n) is 12.4. The average Bonchev–Trinajstić information content (AvgIpc) is 2.93. The summed E-state index contributed by atoms with van der Waals surface area (Å²) in [5, 5.41) is 3.29. The minimum Gasteiger partial charge on any atom is -0.469 e. The summed E-state index contributed by atoms with van der Waals surface area (Å²) in [6.45, 7) is 3.80. The van der Waals surface area contributed by atoms with E-state index in [1.54, 1.807) is 25.3 Å². The summed E-state index contributed by atoms with van der Waals surface area (Å²) in [6.07, 6.45) is 2.38. The van der Waals surface area contributed by atoms with Gasteiger partial charge in [0.1, 0.15) is 5.76 Å². The van der Waals surface area contributed by atoms with Crippen molar-refractivity contribution < 1.29 is 12.8 Å². The lowest BCUT2D eigenvalue weighted by Crippen LogP contribution is -2.21. The lowest BCUT2D eigenvalue weighted by molar-refractivity contribution is 0.497. The van der Waals surface area contributed by atoms with Gasteiger partial charge in [-0.2, -0.15) is 0 Å². The van der Waals surface area contributed by atoms with E-state index in [4.69, 9.17) is 4.42 Å². The summed E-state index contributed by atoms with van der Waals surface area (Å²) >= 11 is 0. The third-order valence-electron chi connectivity index (χ3n) is 3.25. The minimum absolute atomic E-state index is 0.129. The molecule has 0 aliphatic rings. The highest BCUT2D eigenvalue weighted by Crippen LogP contribution is 2.21. The predicted molar refractivity (Wildman–Crippen MR) is 82.9 cm³/mol. The van der Waals surface area contributed by atoms with Crippen LogP contribution in [0.4, 0.5) is 5.69 Å². The second kappa shape index (κ2) is 6.32. The number of furan rings is 1. The van der Waals surface area contributed by atoms with Crippen LogP contribution >= 0.6 is 0 Å². The molecule has 0 saturated carbocycles. The van der Waals surface area contributed by atoms with Gasteiger partial charge in [-0.25, -0.2) is 13.1 Å². The molecule has 0 saturated heterocycles. The van der Waals surface area contributed by atoms with Gasteiger partial charge in [-0.15, -0.1) is 0 Å². The number of rotatable bonds is 6. The number of nitrogens with one attached hydrogen (secondary N) is 2. The lowest BCUT2D eigenvalue weighted by Gasteiger charge is -2.16. The smallest absolute Gasteiger partial charge is 0.240 e. The van der Waals surface area contributed by atoms with Gasteiger partial charge >= 0.3 is 0 Å². The Morgan fingerprint density at radius 1 is 1.29 bits per heavy atom. The summed E-state index contributed by atoms with van der Waals surface area (Å²) in [7, 11) is -2.03. The van der Waals surface area contributed by atoms with E-state index in [0.717, 1.165) is 17.9 Å². The SMILES string of the molecule is CNS(=O)(=O)c1cc(NC(C)Cc2ccco2)ccc1C. The monoisotopic (exact) mass is 308 g/mol. The van der Waals surface area contributed by atoms with Gasteiger partial charge in [-0.05, 0) is 50.7 Å². The van der Waals surface area contributed by atoms with Crippen molar-refractivity contribution in [1.82, 2.24) is 4.72 Å². The second-order valence-electron chi connectivity index (χ2n) is 5.02. The molecule has 0 bridgehead atoms. The normalized spacial score (nSPS) is 13.1. The van der Waals surface area contributed by atoms with Crippen molar-refractivity contribution in [2.45, 2.75) is 31.2 Å². The largest absolute Gasteiger partial charge is 0.469 e. The van der Waals surface area contributed by atoms with Crippen LogP contribution in [-0.2, 0) is 16.4 Å². The maximum Gasteiger partial charge on any atom is 0.240 e. The van der Waals surface area contributed by atoms with Crippen LogP contribution in [0.25, 0.3) is 0 Å². The Kier molecular flexibility index (Phi) is 4.69. The summed E-state index contributed by atoms with van der Waals surface area (Å²) < 4.78 is 31.6. The van der Waals surface area contributed by atoms with Gasteiger partial charge in [0.05, 0.1) is 11.2 Å². The standard InChI is InChI=1S/C15H20N2O3S/c1-11-6-7-13(10-15(11)21(18,19)16-3)17-12(2)9-14-5-4-8-20-14/h4-8,10,12,16-17H,9H2,1-3H3. The Balaban J connectivity index is 2.16. The van der Waals surface area contributed by atoms with Crippen LogP contribution in [0, 0.1) is 6.92 Å². The number of benzene rings is 1. The first-order valence-corrected chi connectivity index (χ1v) is 8.24. The third-order valence-corrected chi connectivity index (χ3v) is 4.80. The van der Waals surface area contributed by atoms with Gasteiger partial charge in [-0.1, -0.05) is 6.07 Å². The van der Waals surface area contributed by atoms with Crippen molar-refractivity contribution in [3.05, 3.63) is 47.9 Å². The van der Waals surface area contributed by atoms with Crippen molar-refractivity contribution in [3.63, 3.8) is 0 Å². The molecule has 2 aromatic rings. The number of hydrogen-bond acceptors (Lipinski definition) is 4. The summed E-state index contributed by atoms with van der Waals surface area (Å²) in [5.74, 6) is 0.894. The Hall–Kier alpha value is -1.79. The zero-order valence-corrected chi connectivity index (χ0v) is 13.2. The highest BCUT2D eigenvalue weighted by molar-refractivity contribution is 7.89. The van der Waals surface area contributed by atoms with Crippen molar-refractivity contribution in [3.8, 4) is 0 Å². The molecule has 1 aromatic carbocycles. The molecule has 114 valence electrons. The van der Waals surface area contributed by atoms with Crippen molar-refractivity contribution >= 4 is 15.7 Å². The molecule has 1 aromatic heterocycles. The Morgan fingerprint density at radius 3 is 2.67 bits per heavy atom. The topological polar surface area (TPSA) is 71.3 Å². The van der Waals surface area contributed by atoms with Crippen LogP contribution in [0.1, 0.15) is 18.2 Å². The predicted octanol–water partition coefficient (Wildman–Crippen LogP) is 2.54. The molecule has 0 radical (unpaired) electrons. The Morgan fingerprint density at radius 2 is 2.05 bits per heavy atom.